The molecule has 1 aromatic heterocycles. The molecule has 0 unspecified atom stereocenters. The van der Waals surface area contributed by atoms with E-state index in [1.54, 1.807) is 7.11 Å². The van der Waals surface area contributed by atoms with Gasteiger partial charge in [0.15, 0.2) is 0 Å². The lowest BCUT2D eigenvalue weighted by atomic mass is 9.79. The minimum atomic E-state index is -0.352. The highest BCUT2D eigenvalue weighted by molar-refractivity contribution is 6.62. The highest BCUT2D eigenvalue weighted by atomic mass is 16.7. The number of ether oxygens (including phenoxy) is 2. The third kappa shape index (κ3) is 3.90. The molecule has 0 spiro atoms. The maximum atomic E-state index is 6.13. The van der Waals surface area contributed by atoms with Gasteiger partial charge in [-0.05, 0) is 39.2 Å². The van der Waals surface area contributed by atoms with Gasteiger partial charge in [-0.25, -0.2) is 0 Å². The molecule has 2 heterocycles. The quantitative estimate of drug-likeness (QED) is 0.567. The zero-order chi connectivity index (χ0) is 18.1. The average Bonchev–Trinajstić information content (AvgIpc) is 3.04. The summed E-state index contributed by atoms with van der Waals surface area (Å²) in [5.41, 5.74) is 1.30. The normalized spacial score (nSPS) is 19.0. The molecule has 0 atom stereocenters. The number of nitrogens with zero attached hydrogens (tertiary/aromatic N) is 2. The van der Waals surface area contributed by atoms with E-state index >= 15 is 0 Å². The number of hydrogen-bond acceptors (Lipinski definition) is 5. The van der Waals surface area contributed by atoms with E-state index in [1.165, 1.54) is 0 Å². The molecule has 0 aliphatic carbocycles. The van der Waals surface area contributed by atoms with Crippen molar-refractivity contribution < 1.29 is 18.8 Å². The molecule has 7 heteroatoms. The maximum Gasteiger partial charge on any atom is 0.494 e. The van der Waals surface area contributed by atoms with Crippen molar-refractivity contribution >= 4 is 23.5 Å². The van der Waals surface area contributed by atoms with E-state index in [9.17, 15) is 0 Å². The first-order valence-electron chi connectivity index (χ1n) is 8.72. The fourth-order valence-corrected chi connectivity index (χ4v) is 2.74. The molecule has 6 nitrogen and oxygen atoms in total. The smallest absolute Gasteiger partial charge is 0.399 e. The lowest BCUT2D eigenvalue weighted by Gasteiger charge is -2.32. The van der Waals surface area contributed by atoms with E-state index in [2.05, 4.69) is 38.9 Å². The second-order valence-electron chi connectivity index (χ2n) is 7.40. The third-order valence-corrected chi connectivity index (χ3v) is 5.00. The van der Waals surface area contributed by atoms with Crippen molar-refractivity contribution in [3.63, 3.8) is 0 Å². The van der Waals surface area contributed by atoms with Crippen LogP contribution in [0.3, 0.4) is 0 Å². The van der Waals surface area contributed by atoms with Gasteiger partial charge in [-0.2, -0.15) is 5.10 Å². The first-order valence-corrected chi connectivity index (χ1v) is 8.72. The van der Waals surface area contributed by atoms with E-state index in [0.29, 0.717) is 26.4 Å². The summed E-state index contributed by atoms with van der Waals surface area (Å²) in [5, 5.41) is 5.65. The molecule has 1 aromatic carbocycles. The monoisotopic (exact) mass is 346 g/mol. The van der Waals surface area contributed by atoms with Crippen LogP contribution in [0.25, 0.3) is 10.9 Å². The standard InChI is InChI=1S/C18H27BN2O4/c1-17(2)18(3,4)25-19(24-17)15-6-7-16-14(12-15)13-21(20-16)8-9-23-11-10-22-5/h6-7,12-13H,8-11H2,1-5H3. The lowest BCUT2D eigenvalue weighted by molar-refractivity contribution is 0.00578. The summed E-state index contributed by atoms with van der Waals surface area (Å²) in [6.07, 6.45) is 2.03. The van der Waals surface area contributed by atoms with Crippen LogP contribution >= 0.6 is 0 Å². The molecule has 0 amide bonds. The van der Waals surface area contributed by atoms with Crippen LogP contribution in [0.1, 0.15) is 27.7 Å². The van der Waals surface area contributed by atoms with Gasteiger partial charge in [0.25, 0.3) is 0 Å². The number of rotatable bonds is 7. The second kappa shape index (κ2) is 7.07. The molecule has 25 heavy (non-hydrogen) atoms. The maximum absolute atomic E-state index is 6.13. The third-order valence-electron chi connectivity index (χ3n) is 5.00. The van der Waals surface area contributed by atoms with Crippen molar-refractivity contribution in [2.45, 2.75) is 45.4 Å². The van der Waals surface area contributed by atoms with E-state index in [4.69, 9.17) is 18.8 Å². The molecule has 1 aliphatic heterocycles. The van der Waals surface area contributed by atoms with E-state index in [-0.39, 0.29) is 18.3 Å². The van der Waals surface area contributed by atoms with Crippen molar-refractivity contribution in [1.29, 1.82) is 0 Å². The molecule has 136 valence electrons. The van der Waals surface area contributed by atoms with Crippen LogP contribution in [0, 0.1) is 0 Å². The van der Waals surface area contributed by atoms with Gasteiger partial charge in [-0.3, -0.25) is 4.68 Å². The minimum Gasteiger partial charge on any atom is -0.399 e. The Balaban J connectivity index is 1.69. The Morgan fingerprint density at radius 3 is 2.48 bits per heavy atom. The van der Waals surface area contributed by atoms with Gasteiger partial charge in [0.2, 0.25) is 0 Å². The van der Waals surface area contributed by atoms with Crippen LogP contribution < -0.4 is 5.46 Å². The highest BCUT2D eigenvalue weighted by Gasteiger charge is 2.51. The Labute approximate surface area is 149 Å². The number of methoxy groups -OCH3 is 1. The van der Waals surface area contributed by atoms with Gasteiger partial charge in [0, 0.05) is 18.7 Å². The van der Waals surface area contributed by atoms with Gasteiger partial charge in [-0.15, -0.1) is 0 Å². The van der Waals surface area contributed by atoms with Crippen LogP contribution in [0.4, 0.5) is 0 Å². The molecule has 1 fully saturated rings. The summed E-state index contributed by atoms with van der Waals surface area (Å²) in [7, 11) is 1.32. The summed E-state index contributed by atoms with van der Waals surface area (Å²) in [4.78, 5) is 0. The van der Waals surface area contributed by atoms with Gasteiger partial charge in [0.1, 0.15) is 0 Å². The molecule has 1 saturated heterocycles. The van der Waals surface area contributed by atoms with Crippen molar-refractivity contribution in [1.82, 2.24) is 9.78 Å². The van der Waals surface area contributed by atoms with Crippen LogP contribution in [0.2, 0.25) is 0 Å². The molecule has 0 saturated carbocycles. The summed E-state index contributed by atoms with van der Waals surface area (Å²) in [6.45, 7) is 10.8. The van der Waals surface area contributed by atoms with Crippen LogP contribution in [0.15, 0.2) is 24.4 Å². The van der Waals surface area contributed by atoms with Crippen molar-refractivity contribution in [2.24, 2.45) is 0 Å². The SMILES string of the molecule is COCCOCCn1cc2cc(B3OC(C)(C)C(C)(C)O3)ccc2n1. The molecule has 0 N–H and O–H groups in total. The summed E-state index contributed by atoms with van der Waals surface area (Å²) in [5.74, 6) is 0. The average molecular weight is 346 g/mol. The van der Waals surface area contributed by atoms with Gasteiger partial charge in [0.05, 0.1) is 43.1 Å². The van der Waals surface area contributed by atoms with Gasteiger partial charge >= 0.3 is 7.12 Å². The number of hydrogen-bond donors (Lipinski definition) is 0. The predicted octanol–water partition coefficient (Wildman–Crippen LogP) is 2.00. The topological polar surface area (TPSA) is 54.7 Å². The molecular formula is C18H27BN2O4. The Hall–Kier alpha value is -1.41. The summed E-state index contributed by atoms with van der Waals surface area (Å²) < 4.78 is 24.6. The predicted molar refractivity (Wildman–Crippen MR) is 98.1 cm³/mol. The van der Waals surface area contributed by atoms with Crippen LogP contribution in [-0.2, 0) is 25.3 Å². The second-order valence-corrected chi connectivity index (χ2v) is 7.40. The summed E-state index contributed by atoms with van der Waals surface area (Å²) in [6, 6.07) is 6.13. The molecule has 3 rings (SSSR count). The fraction of sp³-hybridized carbons (Fsp3) is 0.611. The van der Waals surface area contributed by atoms with Crippen molar-refractivity contribution in [2.75, 3.05) is 26.9 Å². The van der Waals surface area contributed by atoms with Crippen molar-refractivity contribution in [3.8, 4) is 0 Å². The number of benzene rings is 1. The molecule has 0 radical (unpaired) electrons. The van der Waals surface area contributed by atoms with Gasteiger partial charge in [-0.1, -0.05) is 12.1 Å². The number of aromatic nitrogens is 2. The zero-order valence-electron chi connectivity index (χ0n) is 15.7. The van der Waals surface area contributed by atoms with E-state index in [0.717, 1.165) is 16.4 Å². The first kappa shape index (κ1) is 18.4. The summed E-state index contributed by atoms with van der Waals surface area (Å²) >= 11 is 0. The molecule has 1 aliphatic rings. The number of fused-ring (bicyclic) bond motifs is 1. The van der Waals surface area contributed by atoms with E-state index < -0.39 is 0 Å². The Kier molecular flexibility index (Phi) is 5.20. The Morgan fingerprint density at radius 2 is 1.80 bits per heavy atom. The lowest BCUT2D eigenvalue weighted by Crippen LogP contribution is -2.41. The highest BCUT2D eigenvalue weighted by Crippen LogP contribution is 2.36. The minimum absolute atomic E-state index is 0.337. The molecule has 2 aromatic rings. The van der Waals surface area contributed by atoms with Gasteiger partial charge < -0.3 is 18.8 Å². The van der Waals surface area contributed by atoms with E-state index in [1.807, 2.05) is 23.0 Å². The Bertz CT molecular complexity index is 713. The molecule has 0 bridgehead atoms. The fourth-order valence-electron chi connectivity index (χ4n) is 2.74. The van der Waals surface area contributed by atoms with Crippen LogP contribution in [0.5, 0.6) is 0 Å². The first-order chi connectivity index (χ1) is 11.8. The zero-order valence-corrected chi connectivity index (χ0v) is 15.7. The largest absolute Gasteiger partial charge is 0.494 e. The Morgan fingerprint density at radius 1 is 1.08 bits per heavy atom. The van der Waals surface area contributed by atoms with Crippen molar-refractivity contribution in [3.05, 3.63) is 24.4 Å². The van der Waals surface area contributed by atoms with Crippen LogP contribution in [-0.4, -0.2) is 55.0 Å². The molecular weight excluding hydrogens is 319 g/mol.